The minimum absolute atomic E-state index is 0.242. The standard InChI is InChI=1S/C14H17N3O3/c1-19-12-7-9(8-15)6-10(13(12)16)17-14(18)11-4-2-3-5-20-11/h6-7,11H,2-5,16H2,1H3,(H,17,18). The number of nitrogens with one attached hydrogen (secondary N) is 1. The van der Waals surface area contributed by atoms with Gasteiger partial charge in [-0.3, -0.25) is 4.79 Å². The molecule has 2 rings (SSSR count). The Hall–Kier alpha value is -2.26. The van der Waals surface area contributed by atoms with Gasteiger partial charge in [-0.25, -0.2) is 0 Å². The number of carbonyl (C=O) groups excluding carboxylic acids is 1. The first-order chi connectivity index (χ1) is 9.65. The van der Waals surface area contributed by atoms with E-state index in [-0.39, 0.29) is 5.91 Å². The predicted molar refractivity (Wildman–Crippen MR) is 74.3 cm³/mol. The molecule has 1 atom stereocenters. The van der Waals surface area contributed by atoms with Crippen molar-refractivity contribution in [3.63, 3.8) is 0 Å². The number of nitrogen functional groups attached to an aromatic ring is 1. The first-order valence-corrected chi connectivity index (χ1v) is 6.45. The van der Waals surface area contributed by atoms with Crippen LogP contribution in [0.4, 0.5) is 11.4 Å². The molecule has 1 amide bonds. The second-order valence-corrected chi connectivity index (χ2v) is 4.60. The van der Waals surface area contributed by atoms with Crippen molar-refractivity contribution >= 4 is 17.3 Å². The van der Waals surface area contributed by atoms with Crippen molar-refractivity contribution in [1.29, 1.82) is 5.26 Å². The fraction of sp³-hybridized carbons (Fsp3) is 0.429. The fourth-order valence-electron chi connectivity index (χ4n) is 2.12. The number of rotatable bonds is 3. The average Bonchev–Trinajstić information content (AvgIpc) is 2.50. The van der Waals surface area contributed by atoms with E-state index in [1.54, 1.807) is 0 Å². The highest BCUT2D eigenvalue weighted by atomic mass is 16.5. The molecule has 20 heavy (non-hydrogen) atoms. The van der Waals surface area contributed by atoms with Gasteiger partial charge in [0.05, 0.1) is 30.1 Å². The Balaban J connectivity index is 2.19. The summed E-state index contributed by atoms with van der Waals surface area (Å²) < 4.78 is 10.5. The maximum absolute atomic E-state index is 12.1. The van der Waals surface area contributed by atoms with Crippen molar-refractivity contribution in [2.24, 2.45) is 0 Å². The van der Waals surface area contributed by atoms with Crippen LogP contribution in [0.3, 0.4) is 0 Å². The Morgan fingerprint density at radius 2 is 2.35 bits per heavy atom. The van der Waals surface area contributed by atoms with E-state index in [4.69, 9.17) is 20.5 Å². The Morgan fingerprint density at radius 1 is 1.55 bits per heavy atom. The third-order valence-electron chi connectivity index (χ3n) is 3.22. The maximum atomic E-state index is 12.1. The monoisotopic (exact) mass is 275 g/mol. The average molecular weight is 275 g/mol. The summed E-state index contributed by atoms with van der Waals surface area (Å²) in [6.45, 7) is 0.592. The summed E-state index contributed by atoms with van der Waals surface area (Å²) in [6.07, 6.45) is 2.18. The molecule has 0 saturated carbocycles. The number of amides is 1. The molecule has 0 aromatic heterocycles. The summed E-state index contributed by atoms with van der Waals surface area (Å²) in [5, 5.41) is 11.7. The number of nitrogens with two attached hydrogens (primary N) is 1. The van der Waals surface area contributed by atoms with Crippen LogP contribution in [-0.4, -0.2) is 25.7 Å². The van der Waals surface area contributed by atoms with E-state index in [1.165, 1.54) is 19.2 Å². The molecule has 0 aliphatic carbocycles. The molecule has 1 unspecified atom stereocenters. The quantitative estimate of drug-likeness (QED) is 0.817. The topological polar surface area (TPSA) is 97.4 Å². The van der Waals surface area contributed by atoms with Crippen LogP contribution < -0.4 is 15.8 Å². The Bertz CT molecular complexity index is 545. The molecule has 1 heterocycles. The molecule has 0 radical (unpaired) electrons. The van der Waals surface area contributed by atoms with E-state index in [9.17, 15) is 4.79 Å². The predicted octanol–water partition coefficient (Wildman–Crippen LogP) is 1.66. The van der Waals surface area contributed by atoms with Crippen molar-refractivity contribution < 1.29 is 14.3 Å². The van der Waals surface area contributed by atoms with E-state index >= 15 is 0 Å². The minimum atomic E-state index is -0.458. The van der Waals surface area contributed by atoms with Gasteiger partial charge in [0.15, 0.2) is 0 Å². The van der Waals surface area contributed by atoms with Crippen molar-refractivity contribution in [3.8, 4) is 11.8 Å². The Labute approximate surface area is 117 Å². The summed E-state index contributed by atoms with van der Waals surface area (Å²) in [5.74, 6) is 0.123. The van der Waals surface area contributed by atoms with E-state index in [1.807, 2.05) is 6.07 Å². The lowest BCUT2D eigenvalue weighted by atomic mass is 10.1. The van der Waals surface area contributed by atoms with Crippen molar-refractivity contribution in [1.82, 2.24) is 0 Å². The molecule has 1 fully saturated rings. The number of methoxy groups -OCH3 is 1. The summed E-state index contributed by atoms with van der Waals surface area (Å²) >= 11 is 0. The summed E-state index contributed by atoms with van der Waals surface area (Å²) in [6, 6.07) is 5.06. The molecule has 1 aromatic rings. The van der Waals surface area contributed by atoms with Crippen molar-refractivity contribution in [2.45, 2.75) is 25.4 Å². The lowest BCUT2D eigenvalue weighted by molar-refractivity contribution is -0.129. The zero-order valence-electron chi connectivity index (χ0n) is 11.3. The zero-order chi connectivity index (χ0) is 14.5. The van der Waals surface area contributed by atoms with Crippen LogP contribution in [0.1, 0.15) is 24.8 Å². The van der Waals surface area contributed by atoms with Crippen LogP contribution in [0, 0.1) is 11.3 Å². The van der Waals surface area contributed by atoms with Crippen molar-refractivity contribution in [3.05, 3.63) is 17.7 Å². The molecule has 6 nitrogen and oxygen atoms in total. The number of nitrogens with zero attached hydrogens (tertiary/aromatic N) is 1. The molecule has 1 aliphatic rings. The highest BCUT2D eigenvalue weighted by Crippen LogP contribution is 2.31. The molecule has 1 aromatic carbocycles. The molecule has 0 bridgehead atoms. The number of ether oxygens (including phenoxy) is 2. The van der Waals surface area contributed by atoms with Gasteiger partial charge < -0.3 is 20.5 Å². The lowest BCUT2D eigenvalue weighted by Gasteiger charge is -2.22. The number of hydrogen-bond acceptors (Lipinski definition) is 5. The SMILES string of the molecule is COc1cc(C#N)cc(NC(=O)C2CCCCO2)c1N. The van der Waals surface area contributed by atoms with Gasteiger partial charge in [0, 0.05) is 12.7 Å². The first kappa shape index (κ1) is 14.2. The van der Waals surface area contributed by atoms with Crippen LogP contribution in [0.25, 0.3) is 0 Å². The smallest absolute Gasteiger partial charge is 0.253 e. The van der Waals surface area contributed by atoms with Gasteiger partial charge in [-0.15, -0.1) is 0 Å². The third-order valence-corrected chi connectivity index (χ3v) is 3.22. The highest BCUT2D eigenvalue weighted by molar-refractivity contribution is 5.98. The second-order valence-electron chi connectivity index (χ2n) is 4.60. The summed E-state index contributed by atoms with van der Waals surface area (Å²) in [4.78, 5) is 12.1. The van der Waals surface area contributed by atoms with Crippen LogP contribution in [0.5, 0.6) is 5.75 Å². The molecule has 6 heteroatoms. The number of carbonyl (C=O) groups is 1. The number of anilines is 2. The largest absolute Gasteiger partial charge is 0.494 e. The first-order valence-electron chi connectivity index (χ1n) is 6.45. The number of nitriles is 1. The van der Waals surface area contributed by atoms with Gasteiger partial charge in [0.1, 0.15) is 11.9 Å². The molecule has 106 valence electrons. The van der Waals surface area contributed by atoms with Crippen LogP contribution in [0.2, 0.25) is 0 Å². The van der Waals surface area contributed by atoms with Crippen LogP contribution >= 0.6 is 0 Å². The molecule has 3 N–H and O–H groups in total. The summed E-state index contributed by atoms with van der Waals surface area (Å²) in [5.41, 5.74) is 6.95. The van der Waals surface area contributed by atoms with Crippen molar-refractivity contribution in [2.75, 3.05) is 24.8 Å². The van der Waals surface area contributed by atoms with Gasteiger partial charge >= 0.3 is 0 Å². The van der Waals surface area contributed by atoms with Crippen LogP contribution in [-0.2, 0) is 9.53 Å². The van der Waals surface area contributed by atoms with E-state index in [0.717, 1.165) is 12.8 Å². The molecular weight excluding hydrogens is 258 g/mol. The van der Waals surface area contributed by atoms with E-state index < -0.39 is 6.10 Å². The van der Waals surface area contributed by atoms with Crippen LogP contribution in [0.15, 0.2) is 12.1 Å². The number of hydrogen-bond donors (Lipinski definition) is 2. The molecule has 1 aliphatic heterocycles. The fourth-order valence-corrected chi connectivity index (χ4v) is 2.12. The van der Waals surface area contributed by atoms with E-state index in [2.05, 4.69) is 5.32 Å². The summed E-state index contributed by atoms with van der Waals surface area (Å²) in [7, 11) is 1.46. The Kier molecular flexibility index (Phi) is 4.43. The third kappa shape index (κ3) is 3.00. The van der Waals surface area contributed by atoms with Gasteiger partial charge in [-0.2, -0.15) is 5.26 Å². The maximum Gasteiger partial charge on any atom is 0.253 e. The zero-order valence-corrected chi connectivity index (χ0v) is 11.3. The minimum Gasteiger partial charge on any atom is -0.494 e. The molecular formula is C14H17N3O3. The van der Waals surface area contributed by atoms with E-state index in [0.29, 0.717) is 35.7 Å². The highest BCUT2D eigenvalue weighted by Gasteiger charge is 2.23. The van der Waals surface area contributed by atoms with Gasteiger partial charge in [-0.05, 0) is 25.3 Å². The van der Waals surface area contributed by atoms with Gasteiger partial charge in [-0.1, -0.05) is 0 Å². The Morgan fingerprint density at radius 3 is 2.95 bits per heavy atom. The molecule has 1 saturated heterocycles. The molecule has 0 spiro atoms. The van der Waals surface area contributed by atoms with Gasteiger partial charge in [0.2, 0.25) is 0 Å². The normalized spacial score (nSPS) is 18.1. The number of benzene rings is 1. The lowest BCUT2D eigenvalue weighted by Crippen LogP contribution is -2.33. The second kappa shape index (κ2) is 6.26. The van der Waals surface area contributed by atoms with Gasteiger partial charge in [0.25, 0.3) is 5.91 Å².